The molecule has 0 aromatic carbocycles. The minimum atomic E-state index is 0.968. The van der Waals surface area contributed by atoms with Crippen LogP contribution in [0, 0.1) is 6.92 Å². The standard InChI is InChI=1S/C11H15N3S2/c1-3-12-7-6-10-13-14-11(16-10)9-5-4-8(2)15-9/h4-5,12H,3,6-7H2,1-2H3. The molecule has 0 aliphatic rings. The highest BCUT2D eigenvalue weighted by molar-refractivity contribution is 7.21. The van der Waals surface area contributed by atoms with Crippen molar-refractivity contribution in [2.24, 2.45) is 0 Å². The summed E-state index contributed by atoms with van der Waals surface area (Å²) < 4.78 is 0. The number of rotatable bonds is 5. The second-order valence-electron chi connectivity index (χ2n) is 3.51. The molecule has 2 rings (SSSR count). The Hall–Kier alpha value is -0.780. The molecule has 0 unspecified atom stereocenters. The molecule has 2 aromatic heterocycles. The van der Waals surface area contributed by atoms with Crippen LogP contribution in [0.5, 0.6) is 0 Å². The lowest BCUT2D eigenvalue weighted by atomic mass is 10.4. The summed E-state index contributed by atoms with van der Waals surface area (Å²) >= 11 is 3.47. The number of likely N-dealkylation sites (N-methyl/N-ethyl adjacent to an activating group) is 1. The van der Waals surface area contributed by atoms with Crippen molar-refractivity contribution in [1.82, 2.24) is 15.5 Å². The van der Waals surface area contributed by atoms with Gasteiger partial charge in [-0.3, -0.25) is 0 Å². The number of nitrogens with zero attached hydrogens (tertiary/aromatic N) is 2. The fraction of sp³-hybridized carbons (Fsp3) is 0.455. The van der Waals surface area contributed by atoms with Crippen molar-refractivity contribution in [3.05, 3.63) is 22.0 Å². The van der Waals surface area contributed by atoms with Gasteiger partial charge in [-0.2, -0.15) is 0 Å². The molecule has 86 valence electrons. The van der Waals surface area contributed by atoms with Gasteiger partial charge in [-0.05, 0) is 25.6 Å². The van der Waals surface area contributed by atoms with E-state index in [0.717, 1.165) is 29.5 Å². The van der Waals surface area contributed by atoms with Gasteiger partial charge in [0.25, 0.3) is 0 Å². The number of nitrogens with one attached hydrogen (secondary N) is 1. The summed E-state index contributed by atoms with van der Waals surface area (Å²) in [6.45, 7) is 6.21. The van der Waals surface area contributed by atoms with Crippen molar-refractivity contribution in [2.45, 2.75) is 20.3 Å². The monoisotopic (exact) mass is 253 g/mol. The second-order valence-corrected chi connectivity index (χ2v) is 5.86. The van der Waals surface area contributed by atoms with Gasteiger partial charge in [0, 0.05) is 17.8 Å². The summed E-state index contributed by atoms with van der Waals surface area (Å²) in [4.78, 5) is 2.55. The minimum absolute atomic E-state index is 0.968. The molecule has 0 bridgehead atoms. The first kappa shape index (κ1) is 11.7. The van der Waals surface area contributed by atoms with Gasteiger partial charge in [-0.25, -0.2) is 0 Å². The minimum Gasteiger partial charge on any atom is -0.317 e. The van der Waals surface area contributed by atoms with Gasteiger partial charge in [0.05, 0.1) is 4.88 Å². The third-order valence-corrected chi connectivity index (χ3v) is 4.34. The van der Waals surface area contributed by atoms with Crippen LogP contribution >= 0.6 is 22.7 Å². The number of aryl methyl sites for hydroxylation is 1. The Labute approximate surface area is 104 Å². The molecule has 0 radical (unpaired) electrons. The Morgan fingerprint density at radius 1 is 1.25 bits per heavy atom. The maximum Gasteiger partial charge on any atom is 0.157 e. The summed E-state index contributed by atoms with van der Waals surface area (Å²) in [5, 5.41) is 13.9. The topological polar surface area (TPSA) is 37.8 Å². The summed E-state index contributed by atoms with van der Waals surface area (Å²) in [5.41, 5.74) is 0. The maximum atomic E-state index is 4.23. The zero-order valence-corrected chi connectivity index (χ0v) is 11.1. The van der Waals surface area contributed by atoms with Crippen LogP contribution in [0.25, 0.3) is 9.88 Å². The fourth-order valence-corrected chi connectivity index (χ4v) is 3.13. The lowest BCUT2D eigenvalue weighted by molar-refractivity contribution is 0.710. The van der Waals surface area contributed by atoms with Crippen LogP contribution in [0.3, 0.4) is 0 Å². The first-order valence-electron chi connectivity index (χ1n) is 5.39. The molecule has 0 spiro atoms. The van der Waals surface area contributed by atoms with E-state index in [1.165, 1.54) is 9.75 Å². The van der Waals surface area contributed by atoms with Crippen LogP contribution in [-0.4, -0.2) is 23.3 Å². The van der Waals surface area contributed by atoms with Gasteiger partial charge in [0.15, 0.2) is 5.01 Å². The Kier molecular flexibility index (Phi) is 4.04. The van der Waals surface area contributed by atoms with Gasteiger partial charge in [0.2, 0.25) is 0 Å². The summed E-state index contributed by atoms with van der Waals surface area (Å²) in [6.07, 6.45) is 0.968. The molecule has 16 heavy (non-hydrogen) atoms. The van der Waals surface area contributed by atoms with Gasteiger partial charge in [-0.15, -0.1) is 21.5 Å². The Morgan fingerprint density at radius 3 is 2.81 bits per heavy atom. The molecular weight excluding hydrogens is 238 g/mol. The molecule has 0 saturated heterocycles. The largest absolute Gasteiger partial charge is 0.317 e. The quantitative estimate of drug-likeness (QED) is 0.833. The first-order chi connectivity index (χ1) is 7.79. The highest BCUT2D eigenvalue weighted by Crippen LogP contribution is 2.29. The van der Waals surface area contributed by atoms with Gasteiger partial charge in [-0.1, -0.05) is 18.3 Å². The molecule has 5 heteroatoms. The van der Waals surface area contributed by atoms with Crippen molar-refractivity contribution in [2.75, 3.05) is 13.1 Å². The second kappa shape index (κ2) is 5.52. The van der Waals surface area contributed by atoms with Crippen LogP contribution in [0.2, 0.25) is 0 Å². The van der Waals surface area contributed by atoms with Gasteiger partial charge >= 0.3 is 0 Å². The highest BCUT2D eigenvalue weighted by atomic mass is 32.1. The van der Waals surface area contributed by atoms with Crippen LogP contribution < -0.4 is 5.32 Å². The average molecular weight is 253 g/mol. The highest BCUT2D eigenvalue weighted by Gasteiger charge is 2.07. The van der Waals surface area contributed by atoms with E-state index in [1.807, 2.05) is 0 Å². The summed E-state index contributed by atoms with van der Waals surface area (Å²) in [7, 11) is 0. The average Bonchev–Trinajstić information content (AvgIpc) is 2.87. The number of hydrogen-bond donors (Lipinski definition) is 1. The third-order valence-electron chi connectivity index (χ3n) is 2.18. The molecule has 0 aliphatic heterocycles. The zero-order valence-electron chi connectivity index (χ0n) is 9.49. The van der Waals surface area contributed by atoms with E-state index in [2.05, 4.69) is 41.5 Å². The zero-order chi connectivity index (χ0) is 11.4. The summed E-state index contributed by atoms with van der Waals surface area (Å²) in [6, 6.07) is 4.24. The number of hydrogen-bond acceptors (Lipinski definition) is 5. The molecule has 0 atom stereocenters. The Bertz CT molecular complexity index is 448. The van der Waals surface area contributed by atoms with Crippen molar-refractivity contribution in [1.29, 1.82) is 0 Å². The molecule has 0 aliphatic carbocycles. The lowest BCUT2D eigenvalue weighted by Crippen LogP contribution is -2.15. The van der Waals surface area contributed by atoms with Crippen molar-refractivity contribution < 1.29 is 0 Å². The van der Waals surface area contributed by atoms with Gasteiger partial charge < -0.3 is 5.32 Å². The smallest absolute Gasteiger partial charge is 0.157 e. The van der Waals surface area contributed by atoms with Gasteiger partial charge in [0.1, 0.15) is 5.01 Å². The molecule has 0 saturated carbocycles. The molecule has 0 amide bonds. The van der Waals surface area contributed by atoms with E-state index in [9.17, 15) is 0 Å². The first-order valence-corrected chi connectivity index (χ1v) is 7.03. The maximum absolute atomic E-state index is 4.23. The van der Waals surface area contributed by atoms with Crippen molar-refractivity contribution >= 4 is 22.7 Å². The molecule has 0 fully saturated rings. The predicted octanol–water partition coefficient (Wildman–Crippen LogP) is 2.73. The van der Waals surface area contributed by atoms with Crippen LogP contribution in [0.15, 0.2) is 12.1 Å². The molecule has 1 N–H and O–H groups in total. The van der Waals surface area contributed by atoms with E-state index >= 15 is 0 Å². The van der Waals surface area contributed by atoms with Crippen molar-refractivity contribution in [3.8, 4) is 9.88 Å². The Balaban J connectivity index is 2.02. The Morgan fingerprint density at radius 2 is 2.12 bits per heavy atom. The molecule has 2 heterocycles. The van der Waals surface area contributed by atoms with Crippen LogP contribution in [0.1, 0.15) is 16.8 Å². The van der Waals surface area contributed by atoms with E-state index in [0.29, 0.717) is 0 Å². The van der Waals surface area contributed by atoms with Crippen molar-refractivity contribution in [3.63, 3.8) is 0 Å². The fourth-order valence-electron chi connectivity index (χ4n) is 1.38. The normalized spacial score (nSPS) is 10.9. The number of aromatic nitrogens is 2. The molecule has 3 nitrogen and oxygen atoms in total. The van der Waals surface area contributed by atoms with E-state index in [4.69, 9.17) is 0 Å². The lowest BCUT2D eigenvalue weighted by Gasteiger charge is -1.95. The molecule has 2 aromatic rings. The van der Waals surface area contributed by atoms with E-state index < -0.39 is 0 Å². The number of thiophene rings is 1. The van der Waals surface area contributed by atoms with Crippen LogP contribution in [-0.2, 0) is 6.42 Å². The SMILES string of the molecule is CCNCCc1nnc(-c2ccc(C)s2)s1. The molecular formula is C11H15N3S2. The van der Waals surface area contributed by atoms with E-state index in [1.54, 1.807) is 22.7 Å². The van der Waals surface area contributed by atoms with E-state index in [-0.39, 0.29) is 0 Å². The third kappa shape index (κ3) is 2.87. The predicted molar refractivity (Wildman–Crippen MR) is 70.2 cm³/mol. The summed E-state index contributed by atoms with van der Waals surface area (Å²) in [5.74, 6) is 0. The van der Waals surface area contributed by atoms with Crippen LogP contribution in [0.4, 0.5) is 0 Å².